The van der Waals surface area contributed by atoms with Gasteiger partial charge in [-0.2, -0.15) is 5.26 Å². The minimum atomic E-state index is -1.20. The molecule has 4 nitrogen and oxygen atoms in total. The molecule has 44 heavy (non-hydrogen) atoms. The molecule has 4 aromatic carbocycles. The van der Waals surface area contributed by atoms with Crippen molar-refractivity contribution in [2.75, 3.05) is 4.90 Å². The first-order valence-electron chi connectivity index (χ1n) is 15.2. The van der Waals surface area contributed by atoms with E-state index in [1.807, 2.05) is 12.1 Å². The van der Waals surface area contributed by atoms with Crippen LogP contribution in [0.15, 0.2) is 121 Å². The number of hydrogen-bond acceptors (Lipinski definition) is 4. The molecule has 2 aliphatic rings. The molecule has 216 valence electrons. The van der Waals surface area contributed by atoms with Gasteiger partial charge in [0.2, 0.25) is 0 Å². The van der Waals surface area contributed by atoms with Gasteiger partial charge in [0.1, 0.15) is 11.6 Å². The number of thiophene rings is 1. The van der Waals surface area contributed by atoms with Gasteiger partial charge in [-0.25, -0.2) is 4.79 Å². The molecule has 1 saturated carbocycles. The van der Waals surface area contributed by atoms with Crippen molar-refractivity contribution in [2.45, 2.75) is 43.6 Å². The summed E-state index contributed by atoms with van der Waals surface area (Å²) in [6, 6.07) is 43.7. The highest BCUT2D eigenvalue weighted by molar-refractivity contribution is 7.16. The summed E-state index contributed by atoms with van der Waals surface area (Å²) in [4.78, 5) is 15.7. The monoisotopic (exact) mass is 592 g/mol. The number of nitriles is 1. The summed E-state index contributed by atoms with van der Waals surface area (Å²) in [5.74, 6) is -0.397. The molecule has 0 bridgehead atoms. The van der Waals surface area contributed by atoms with Gasteiger partial charge in [0.15, 0.2) is 0 Å². The zero-order chi connectivity index (χ0) is 30.0. The fraction of sp³-hybridized carbons (Fsp3) is 0.179. The lowest BCUT2D eigenvalue weighted by atomic mass is 9.86. The first-order chi connectivity index (χ1) is 21.6. The molecule has 7 rings (SSSR count). The van der Waals surface area contributed by atoms with Crippen molar-refractivity contribution in [1.82, 2.24) is 0 Å². The van der Waals surface area contributed by atoms with Gasteiger partial charge in [-0.15, -0.1) is 11.3 Å². The summed E-state index contributed by atoms with van der Waals surface area (Å²) in [5, 5.41) is 18.4. The number of anilines is 2. The Hall–Kier alpha value is -4.92. The number of carboxylic acids is 1. The maximum atomic E-state index is 11.3. The van der Waals surface area contributed by atoms with Gasteiger partial charge < -0.3 is 10.0 Å². The third-order valence-corrected chi connectivity index (χ3v) is 10.2. The highest BCUT2D eigenvalue weighted by Gasteiger charge is 2.42. The Morgan fingerprint density at radius 1 is 0.909 bits per heavy atom. The second-order valence-electron chi connectivity index (χ2n) is 11.7. The molecule has 1 aliphatic heterocycles. The summed E-state index contributed by atoms with van der Waals surface area (Å²) >= 11 is 1.51. The molecule has 0 saturated heterocycles. The predicted octanol–water partition coefficient (Wildman–Crippen LogP) is 9.57. The van der Waals surface area contributed by atoms with E-state index in [4.69, 9.17) is 5.26 Å². The van der Waals surface area contributed by atoms with E-state index in [1.54, 1.807) is 6.07 Å². The number of carboxylic acid groups (broad SMARTS) is 1. The van der Waals surface area contributed by atoms with Crippen LogP contribution in [0.3, 0.4) is 0 Å². The largest absolute Gasteiger partial charge is 0.477 e. The SMILES string of the molecule is N#C/C(=C\c1ccc(-c2ccc3c(c2)C2CCCC2N3c2ccc(CC(c3ccccc3)c3ccccc3)cc2)s1)C(=O)O. The standard InChI is InChI=1S/C39H32N2O2S/c40-25-30(39(42)43)23-32-19-21-38(44-32)29-16-20-37-35(24-29)33-12-7-13-36(33)41(37)31-17-14-26(15-18-31)22-34(27-8-3-1-4-9-27)28-10-5-2-6-11-28/h1-6,8-11,14-21,23-24,33-34,36H,7,12-13,22H2,(H,42,43)/b30-23+. The molecule has 2 heterocycles. The fourth-order valence-corrected chi connectivity index (χ4v) is 7.99. The summed E-state index contributed by atoms with van der Waals surface area (Å²) in [5.41, 5.74) is 8.82. The molecule has 1 N–H and O–H groups in total. The average Bonchev–Trinajstić information content (AvgIpc) is 3.80. The Kier molecular flexibility index (Phi) is 7.60. The van der Waals surface area contributed by atoms with Crippen LogP contribution in [0.2, 0.25) is 0 Å². The van der Waals surface area contributed by atoms with E-state index in [1.165, 1.54) is 70.3 Å². The smallest absolute Gasteiger partial charge is 0.346 e. The minimum absolute atomic E-state index is 0.251. The fourth-order valence-electron chi connectivity index (χ4n) is 7.04. The Labute approximate surface area is 262 Å². The van der Waals surface area contributed by atoms with Crippen LogP contribution in [0.5, 0.6) is 0 Å². The van der Waals surface area contributed by atoms with Crippen LogP contribution in [-0.4, -0.2) is 17.1 Å². The van der Waals surface area contributed by atoms with Gasteiger partial charge in [-0.05, 0) is 89.6 Å². The van der Waals surface area contributed by atoms with Gasteiger partial charge in [0.25, 0.3) is 0 Å². The first kappa shape index (κ1) is 27.9. The van der Waals surface area contributed by atoms with E-state index in [0.717, 1.165) is 21.7 Å². The number of benzene rings is 4. The average molecular weight is 593 g/mol. The molecule has 2 unspecified atom stereocenters. The van der Waals surface area contributed by atoms with Crippen LogP contribution in [0.25, 0.3) is 16.5 Å². The first-order valence-corrected chi connectivity index (χ1v) is 16.0. The number of aliphatic carboxylic acids is 1. The quantitative estimate of drug-likeness (QED) is 0.144. The Bertz CT molecular complexity index is 1830. The Morgan fingerprint density at radius 2 is 1.61 bits per heavy atom. The van der Waals surface area contributed by atoms with E-state index in [-0.39, 0.29) is 5.57 Å². The lowest BCUT2D eigenvalue weighted by molar-refractivity contribution is -0.132. The Balaban J connectivity index is 1.16. The van der Waals surface area contributed by atoms with Gasteiger partial charge in [0.05, 0.1) is 0 Å². The summed E-state index contributed by atoms with van der Waals surface area (Å²) in [6.45, 7) is 0. The number of fused-ring (bicyclic) bond motifs is 3. The van der Waals surface area contributed by atoms with E-state index >= 15 is 0 Å². The number of hydrogen-bond donors (Lipinski definition) is 1. The van der Waals surface area contributed by atoms with Gasteiger partial charge >= 0.3 is 5.97 Å². The van der Waals surface area contributed by atoms with Crippen molar-refractivity contribution in [3.63, 3.8) is 0 Å². The van der Waals surface area contributed by atoms with Crippen LogP contribution < -0.4 is 4.90 Å². The highest BCUT2D eigenvalue weighted by atomic mass is 32.1. The Morgan fingerprint density at radius 3 is 2.27 bits per heavy atom. The molecule has 5 heteroatoms. The summed E-state index contributed by atoms with van der Waals surface area (Å²) in [6.07, 6.45) is 5.99. The van der Waals surface area contributed by atoms with E-state index in [0.29, 0.717) is 17.9 Å². The molecule has 0 radical (unpaired) electrons. The van der Waals surface area contributed by atoms with Crippen LogP contribution in [-0.2, 0) is 11.2 Å². The van der Waals surface area contributed by atoms with E-state index < -0.39 is 5.97 Å². The topological polar surface area (TPSA) is 64.3 Å². The highest BCUT2D eigenvalue weighted by Crippen LogP contribution is 2.53. The zero-order valence-electron chi connectivity index (χ0n) is 24.3. The third-order valence-electron chi connectivity index (χ3n) is 9.10. The molecule has 0 spiro atoms. The normalized spacial score (nSPS) is 17.4. The van der Waals surface area contributed by atoms with Crippen molar-refractivity contribution < 1.29 is 9.90 Å². The molecular weight excluding hydrogens is 561 g/mol. The van der Waals surface area contributed by atoms with Crippen molar-refractivity contribution in [1.29, 1.82) is 5.26 Å². The lowest BCUT2D eigenvalue weighted by Gasteiger charge is -2.27. The second-order valence-corrected chi connectivity index (χ2v) is 12.8. The molecule has 2 atom stereocenters. The van der Waals surface area contributed by atoms with Gasteiger partial charge in [0, 0.05) is 39.0 Å². The lowest BCUT2D eigenvalue weighted by Crippen LogP contribution is -2.26. The summed E-state index contributed by atoms with van der Waals surface area (Å²) in [7, 11) is 0. The van der Waals surface area contributed by atoms with E-state index in [9.17, 15) is 9.90 Å². The van der Waals surface area contributed by atoms with Crippen LogP contribution in [0.4, 0.5) is 11.4 Å². The minimum Gasteiger partial charge on any atom is -0.477 e. The van der Waals surface area contributed by atoms with Crippen LogP contribution >= 0.6 is 11.3 Å². The molecule has 1 fully saturated rings. The van der Waals surface area contributed by atoms with Crippen molar-refractivity contribution in [3.8, 4) is 16.5 Å². The molecule has 5 aromatic rings. The van der Waals surface area contributed by atoms with Crippen molar-refractivity contribution in [2.24, 2.45) is 0 Å². The van der Waals surface area contributed by atoms with E-state index in [2.05, 4.69) is 108 Å². The molecule has 0 amide bonds. The molecular formula is C39H32N2O2S. The summed E-state index contributed by atoms with van der Waals surface area (Å²) < 4.78 is 0. The van der Waals surface area contributed by atoms with Crippen molar-refractivity contribution >= 4 is 34.8 Å². The third kappa shape index (κ3) is 5.34. The second kappa shape index (κ2) is 12.0. The molecule has 1 aromatic heterocycles. The van der Waals surface area contributed by atoms with Crippen molar-refractivity contribution in [3.05, 3.63) is 148 Å². The maximum Gasteiger partial charge on any atom is 0.346 e. The van der Waals surface area contributed by atoms with Crippen LogP contribution in [0, 0.1) is 11.3 Å². The maximum absolute atomic E-state index is 11.3. The molecule has 1 aliphatic carbocycles. The van der Waals surface area contributed by atoms with Crippen LogP contribution in [0.1, 0.15) is 58.2 Å². The van der Waals surface area contributed by atoms with Gasteiger partial charge in [-0.1, -0.05) is 85.3 Å². The number of nitrogens with zero attached hydrogens (tertiary/aromatic N) is 2. The number of rotatable bonds is 8. The van der Waals surface area contributed by atoms with Gasteiger partial charge in [-0.3, -0.25) is 0 Å². The predicted molar refractivity (Wildman–Crippen MR) is 178 cm³/mol. The zero-order valence-corrected chi connectivity index (χ0v) is 25.1. The number of carbonyl (C=O) groups is 1.